The van der Waals surface area contributed by atoms with Gasteiger partial charge in [-0.25, -0.2) is 8.42 Å². The summed E-state index contributed by atoms with van der Waals surface area (Å²) >= 11 is 0. The molecule has 1 aliphatic rings. The molecule has 1 aromatic rings. The highest BCUT2D eigenvalue weighted by molar-refractivity contribution is 7.89. The average Bonchev–Trinajstić information content (AvgIpc) is 2.60. The third-order valence-corrected chi connectivity index (χ3v) is 6.20. The van der Waals surface area contributed by atoms with Gasteiger partial charge >= 0.3 is 5.97 Å². The van der Waals surface area contributed by atoms with Crippen molar-refractivity contribution >= 4 is 21.9 Å². The lowest BCUT2D eigenvalue weighted by molar-refractivity contribution is -0.155. The van der Waals surface area contributed by atoms with Crippen molar-refractivity contribution in [3.8, 4) is 0 Å². The lowest BCUT2D eigenvalue weighted by Gasteiger charge is -2.27. The molecule has 0 aliphatic carbocycles. The standard InChI is InChI=1S/C19H28N2O6S/c1-14-6-7-15(18(23)20(5)13-17(22)27-19(2,3)4)12-16(14)28(24,25)21-8-10-26-11-9-21/h6-7,12H,8-11,13H2,1-5H3. The molecule has 28 heavy (non-hydrogen) atoms. The van der Waals surface area contributed by atoms with Gasteiger partial charge in [-0.15, -0.1) is 0 Å². The molecule has 1 heterocycles. The van der Waals surface area contributed by atoms with Crippen LogP contribution in [0.1, 0.15) is 36.7 Å². The molecule has 1 aromatic carbocycles. The number of ether oxygens (including phenoxy) is 2. The molecule has 1 aliphatic heterocycles. The zero-order chi connectivity index (χ0) is 21.1. The lowest BCUT2D eigenvalue weighted by Crippen LogP contribution is -2.41. The van der Waals surface area contributed by atoms with Crippen molar-refractivity contribution in [1.82, 2.24) is 9.21 Å². The first-order chi connectivity index (χ1) is 12.9. The van der Waals surface area contributed by atoms with Gasteiger partial charge in [0.05, 0.1) is 18.1 Å². The number of hydrogen-bond donors (Lipinski definition) is 0. The van der Waals surface area contributed by atoms with Crippen molar-refractivity contribution in [1.29, 1.82) is 0 Å². The monoisotopic (exact) mass is 412 g/mol. The quantitative estimate of drug-likeness (QED) is 0.679. The van der Waals surface area contributed by atoms with Gasteiger partial charge in [-0.3, -0.25) is 9.59 Å². The number of likely N-dealkylation sites (N-methyl/N-ethyl adjacent to an activating group) is 1. The number of benzene rings is 1. The van der Waals surface area contributed by atoms with Crippen LogP contribution in [0.2, 0.25) is 0 Å². The van der Waals surface area contributed by atoms with Crippen LogP contribution in [-0.4, -0.2) is 75.0 Å². The summed E-state index contributed by atoms with van der Waals surface area (Å²) in [6.45, 7) is 7.93. The van der Waals surface area contributed by atoms with Crippen molar-refractivity contribution in [3.63, 3.8) is 0 Å². The summed E-state index contributed by atoms with van der Waals surface area (Å²) in [5, 5.41) is 0. The minimum absolute atomic E-state index is 0.0888. The number of sulfonamides is 1. The number of rotatable bonds is 5. The van der Waals surface area contributed by atoms with Gasteiger partial charge in [-0.1, -0.05) is 6.07 Å². The summed E-state index contributed by atoms with van der Waals surface area (Å²) in [6, 6.07) is 4.53. The van der Waals surface area contributed by atoms with Gasteiger partial charge < -0.3 is 14.4 Å². The minimum atomic E-state index is -3.73. The van der Waals surface area contributed by atoms with Crippen molar-refractivity contribution in [2.75, 3.05) is 39.9 Å². The normalized spacial score (nSPS) is 15.9. The Balaban J connectivity index is 2.21. The zero-order valence-corrected chi connectivity index (χ0v) is 17.8. The molecule has 1 amide bonds. The van der Waals surface area contributed by atoms with Crippen LogP contribution >= 0.6 is 0 Å². The number of nitrogens with zero attached hydrogens (tertiary/aromatic N) is 2. The lowest BCUT2D eigenvalue weighted by atomic mass is 10.1. The number of carbonyl (C=O) groups is 2. The predicted molar refractivity (Wildman–Crippen MR) is 104 cm³/mol. The molecule has 0 bridgehead atoms. The van der Waals surface area contributed by atoms with E-state index in [-0.39, 0.29) is 30.1 Å². The first kappa shape index (κ1) is 22.3. The molecule has 0 N–H and O–H groups in total. The van der Waals surface area contributed by atoms with Gasteiger partial charge in [-0.05, 0) is 45.4 Å². The van der Waals surface area contributed by atoms with Gasteiger partial charge in [0.15, 0.2) is 0 Å². The van der Waals surface area contributed by atoms with Gasteiger partial charge in [0, 0.05) is 25.7 Å². The number of morpholine rings is 1. The summed E-state index contributed by atoms with van der Waals surface area (Å²) in [5.41, 5.74) is 0.103. The fraction of sp³-hybridized carbons (Fsp3) is 0.579. The summed E-state index contributed by atoms with van der Waals surface area (Å²) in [5.74, 6) is -0.985. The molecular formula is C19H28N2O6S. The third-order valence-electron chi connectivity index (χ3n) is 4.16. The Morgan fingerprint density at radius 3 is 2.39 bits per heavy atom. The number of aryl methyl sites for hydroxylation is 1. The largest absolute Gasteiger partial charge is 0.459 e. The third kappa shape index (κ3) is 5.52. The molecule has 156 valence electrons. The topological polar surface area (TPSA) is 93.2 Å². The van der Waals surface area contributed by atoms with Crippen molar-refractivity contribution < 1.29 is 27.5 Å². The van der Waals surface area contributed by atoms with E-state index in [0.29, 0.717) is 18.8 Å². The van der Waals surface area contributed by atoms with E-state index < -0.39 is 27.5 Å². The van der Waals surface area contributed by atoms with E-state index >= 15 is 0 Å². The average molecular weight is 413 g/mol. The fourth-order valence-electron chi connectivity index (χ4n) is 2.80. The highest BCUT2D eigenvalue weighted by Crippen LogP contribution is 2.23. The van der Waals surface area contributed by atoms with Crippen molar-refractivity contribution in [3.05, 3.63) is 29.3 Å². The maximum atomic E-state index is 13.0. The molecule has 8 nitrogen and oxygen atoms in total. The predicted octanol–water partition coefficient (Wildman–Crippen LogP) is 1.43. The Bertz CT molecular complexity index is 838. The van der Waals surface area contributed by atoms with Crippen molar-refractivity contribution in [2.24, 2.45) is 0 Å². The van der Waals surface area contributed by atoms with Crippen LogP contribution in [0.15, 0.2) is 23.1 Å². The first-order valence-corrected chi connectivity index (χ1v) is 10.5. The molecule has 2 rings (SSSR count). The summed E-state index contributed by atoms with van der Waals surface area (Å²) in [4.78, 5) is 26.0. The van der Waals surface area contributed by atoms with Crippen LogP contribution in [-0.2, 0) is 24.3 Å². The van der Waals surface area contributed by atoms with Crippen LogP contribution in [0.25, 0.3) is 0 Å². The number of carbonyl (C=O) groups excluding carboxylic acids is 2. The molecule has 9 heteroatoms. The second-order valence-corrected chi connectivity index (χ2v) is 9.65. The highest BCUT2D eigenvalue weighted by atomic mass is 32.2. The Labute approximate surface area is 166 Å². The van der Waals surface area contributed by atoms with Crippen LogP contribution in [0.3, 0.4) is 0 Å². The van der Waals surface area contributed by atoms with Crippen LogP contribution in [0, 0.1) is 6.92 Å². The highest BCUT2D eigenvalue weighted by Gasteiger charge is 2.29. The Hall–Kier alpha value is -1.97. The summed E-state index contributed by atoms with van der Waals surface area (Å²) < 4.78 is 37.7. The number of amides is 1. The van der Waals surface area contributed by atoms with E-state index in [4.69, 9.17) is 9.47 Å². The van der Waals surface area contributed by atoms with E-state index in [2.05, 4.69) is 0 Å². The van der Waals surface area contributed by atoms with E-state index in [1.807, 2.05) is 0 Å². The molecule has 0 saturated carbocycles. The minimum Gasteiger partial charge on any atom is -0.459 e. The number of esters is 1. The molecule has 1 saturated heterocycles. The Kier molecular flexibility index (Phi) is 6.84. The molecule has 0 unspecified atom stereocenters. The molecule has 0 atom stereocenters. The molecule has 0 aromatic heterocycles. The summed E-state index contributed by atoms with van der Waals surface area (Å²) in [6.07, 6.45) is 0. The fourth-order valence-corrected chi connectivity index (χ4v) is 4.46. The maximum absolute atomic E-state index is 13.0. The molecule has 0 radical (unpaired) electrons. The van der Waals surface area contributed by atoms with E-state index in [0.717, 1.165) is 0 Å². The zero-order valence-electron chi connectivity index (χ0n) is 17.0. The van der Waals surface area contributed by atoms with Gasteiger partial charge in [0.2, 0.25) is 10.0 Å². The second kappa shape index (κ2) is 8.59. The Morgan fingerprint density at radius 2 is 1.82 bits per heavy atom. The van der Waals surface area contributed by atoms with Crippen LogP contribution < -0.4 is 0 Å². The SMILES string of the molecule is Cc1ccc(C(=O)N(C)CC(=O)OC(C)(C)C)cc1S(=O)(=O)N1CCOCC1. The van der Waals surface area contributed by atoms with Gasteiger partial charge in [0.25, 0.3) is 5.91 Å². The molecule has 1 fully saturated rings. The maximum Gasteiger partial charge on any atom is 0.326 e. The number of hydrogen-bond acceptors (Lipinski definition) is 6. The van der Waals surface area contributed by atoms with Gasteiger partial charge in [-0.2, -0.15) is 4.31 Å². The second-order valence-electron chi connectivity index (χ2n) is 7.74. The van der Waals surface area contributed by atoms with E-state index in [1.54, 1.807) is 39.8 Å². The van der Waals surface area contributed by atoms with Crippen LogP contribution in [0.4, 0.5) is 0 Å². The van der Waals surface area contributed by atoms with E-state index in [1.165, 1.54) is 22.3 Å². The van der Waals surface area contributed by atoms with E-state index in [9.17, 15) is 18.0 Å². The first-order valence-electron chi connectivity index (χ1n) is 9.07. The molecule has 0 spiro atoms. The Morgan fingerprint density at radius 1 is 1.21 bits per heavy atom. The molecular weight excluding hydrogens is 384 g/mol. The van der Waals surface area contributed by atoms with Gasteiger partial charge in [0.1, 0.15) is 12.1 Å². The van der Waals surface area contributed by atoms with Crippen LogP contribution in [0.5, 0.6) is 0 Å². The smallest absolute Gasteiger partial charge is 0.326 e. The van der Waals surface area contributed by atoms with Crippen molar-refractivity contribution in [2.45, 2.75) is 38.2 Å². The summed E-state index contributed by atoms with van der Waals surface area (Å²) in [7, 11) is -2.26.